The summed E-state index contributed by atoms with van der Waals surface area (Å²) in [6.07, 6.45) is 15.2. The van der Waals surface area contributed by atoms with Crippen LogP contribution in [0.3, 0.4) is 0 Å². The standard InChI is InChI=1S/C26H46NO2.BrH/c1-5-7-8-9-10-11-12-13-14-17-21-27(3,4)22-23-29-26-20-16-15-19-24(26)25(28)18-6-2;/h15-16,19-20H,5-14,17-18,21-23H2,1-4H3;1H/q+1;/p-1. The summed E-state index contributed by atoms with van der Waals surface area (Å²) in [5.74, 6) is 0.923. The first-order chi connectivity index (χ1) is 14.0. The zero-order valence-electron chi connectivity index (χ0n) is 20.1. The molecule has 0 aliphatic rings. The number of benzene rings is 1. The van der Waals surface area contributed by atoms with Gasteiger partial charge >= 0.3 is 0 Å². The molecule has 1 aromatic rings. The minimum Gasteiger partial charge on any atom is -1.00 e. The molecule has 0 fully saturated rings. The van der Waals surface area contributed by atoms with E-state index in [-0.39, 0.29) is 22.8 Å². The second-order valence-corrected chi connectivity index (χ2v) is 9.08. The van der Waals surface area contributed by atoms with E-state index in [9.17, 15) is 4.79 Å². The first kappa shape index (κ1) is 29.1. The number of halogens is 1. The lowest BCUT2D eigenvalue weighted by Crippen LogP contribution is -3.00. The number of rotatable bonds is 18. The van der Waals surface area contributed by atoms with E-state index in [1.54, 1.807) is 0 Å². The van der Waals surface area contributed by atoms with Crippen molar-refractivity contribution in [3.8, 4) is 5.75 Å². The highest BCUT2D eigenvalue weighted by Crippen LogP contribution is 2.20. The highest BCUT2D eigenvalue weighted by Gasteiger charge is 2.16. The molecule has 0 radical (unpaired) electrons. The van der Waals surface area contributed by atoms with Crippen molar-refractivity contribution in [1.29, 1.82) is 0 Å². The molecule has 0 aromatic heterocycles. The van der Waals surface area contributed by atoms with E-state index in [0.29, 0.717) is 13.0 Å². The molecule has 0 heterocycles. The molecular formula is C26H46BrNO2. The Kier molecular flexibility index (Phi) is 17.3. The van der Waals surface area contributed by atoms with Crippen molar-refractivity contribution in [2.45, 2.75) is 90.9 Å². The van der Waals surface area contributed by atoms with Crippen molar-refractivity contribution in [2.75, 3.05) is 33.8 Å². The summed E-state index contributed by atoms with van der Waals surface area (Å²) in [5, 5.41) is 0. The maximum absolute atomic E-state index is 12.3. The van der Waals surface area contributed by atoms with E-state index in [0.717, 1.165) is 28.8 Å². The second kappa shape index (κ2) is 17.8. The summed E-state index contributed by atoms with van der Waals surface area (Å²) < 4.78 is 6.98. The van der Waals surface area contributed by atoms with Gasteiger partial charge in [0.2, 0.25) is 0 Å². The van der Waals surface area contributed by atoms with Gasteiger partial charge in [-0.2, -0.15) is 0 Å². The van der Waals surface area contributed by atoms with Crippen LogP contribution in [0.4, 0.5) is 0 Å². The average Bonchev–Trinajstić information content (AvgIpc) is 2.70. The summed E-state index contributed by atoms with van der Waals surface area (Å²) in [4.78, 5) is 12.3. The summed E-state index contributed by atoms with van der Waals surface area (Å²) in [6.45, 7) is 7.12. The Morgan fingerprint density at radius 3 is 1.97 bits per heavy atom. The number of quaternary nitrogens is 1. The quantitative estimate of drug-likeness (QED) is 0.179. The maximum atomic E-state index is 12.3. The van der Waals surface area contributed by atoms with Gasteiger partial charge in [0, 0.05) is 6.42 Å². The number of ether oxygens (including phenoxy) is 1. The van der Waals surface area contributed by atoms with Crippen molar-refractivity contribution in [1.82, 2.24) is 0 Å². The number of carbonyl (C=O) groups is 1. The molecule has 1 aromatic carbocycles. The molecule has 0 amide bonds. The number of carbonyl (C=O) groups excluding carboxylic acids is 1. The molecule has 4 heteroatoms. The molecule has 30 heavy (non-hydrogen) atoms. The van der Waals surface area contributed by atoms with Crippen molar-refractivity contribution >= 4 is 5.78 Å². The normalized spacial score (nSPS) is 11.2. The lowest BCUT2D eigenvalue weighted by atomic mass is 10.1. The number of ketones is 1. The largest absolute Gasteiger partial charge is 1.00 e. The Bertz CT molecular complexity index is 560. The summed E-state index contributed by atoms with van der Waals surface area (Å²) in [5.41, 5.74) is 0.731. The molecule has 0 aliphatic heterocycles. The summed E-state index contributed by atoms with van der Waals surface area (Å²) in [7, 11) is 4.57. The lowest BCUT2D eigenvalue weighted by Gasteiger charge is -2.29. The van der Waals surface area contributed by atoms with Crippen LogP contribution in [0.1, 0.15) is 101 Å². The molecule has 0 saturated carbocycles. The van der Waals surface area contributed by atoms with Crippen LogP contribution in [0.5, 0.6) is 5.75 Å². The first-order valence-corrected chi connectivity index (χ1v) is 12.1. The number of Topliss-reactive ketones (excluding diaryl/α,β-unsaturated/α-hetero) is 1. The number of hydrogen-bond donors (Lipinski definition) is 0. The topological polar surface area (TPSA) is 26.3 Å². The van der Waals surface area contributed by atoms with Gasteiger partial charge in [0.25, 0.3) is 0 Å². The van der Waals surface area contributed by atoms with E-state index < -0.39 is 0 Å². The first-order valence-electron chi connectivity index (χ1n) is 12.1. The van der Waals surface area contributed by atoms with Gasteiger partial charge in [-0.25, -0.2) is 0 Å². The summed E-state index contributed by atoms with van der Waals surface area (Å²) in [6, 6.07) is 7.67. The van der Waals surface area contributed by atoms with Gasteiger partial charge < -0.3 is 26.2 Å². The zero-order valence-corrected chi connectivity index (χ0v) is 21.6. The van der Waals surface area contributed by atoms with E-state index in [2.05, 4.69) is 21.0 Å². The van der Waals surface area contributed by atoms with Gasteiger partial charge in [-0.15, -0.1) is 0 Å². The van der Waals surface area contributed by atoms with Crippen LogP contribution in [0.15, 0.2) is 24.3 Å². The van der Waals surface area contributed by atoms with Crippen molar-refractivity contribution in [2.24, 2.45) is 0 Å². The monoisotopic (exact) mass is 483 g/mol. The zero-order chi connectivity index (χ0) is 21.4. The Hall–Kier alpha value is -0.870. The predicted molar refractivity (Wildman–Crippen MR) is 125 cm³/mol. The molecule has 3 nitrogen and oxygen atoms in total. The lowest BCUT2D eigenvalue weighted by molar-refractivity contribution is -0.890. The van der Waals surface area contributed by atoms with E-state index in [4.69, 9.17) is 4.74 Å². The Balaban J connectivity index is 0.00000841. The molecule has 0 N–H and O–H groups in total. The third-order valence-corrected chi connectivity index (χ3v) is 5.74. The van der Waals surface area contributed by atoms with Gasteiger partial charge in [0.15, 0.2) is 5.78 Å². The highest BCUT2D eigenvalue weighted by molar-refractivity contribution is 5.98. The van der Waals surface area contributed by atoms with Gasteiger partial charge in [-0.1, -0.05) is 77.3 Å². The minimum atomic E-state index is 0. The van der Waals surface area contributed by atoms with Crippen LogP contribution in [-0.2, 0) is 0 Å². The molecule has 174 valence electrons. The van der Waals surface area contributed by atoms with Crippen LogP contribution in [0, 0.1) is 0 Å². The molecule has 0 atom stereocenters. The van der Waals surface area contributed by atoms with E-state index >= 15 is 0 Å². The third-order valence-electron chi connectivity index (χ3n) is 5.74. The van der Waals surface area contributed by atoms with Gasteiger partial charge in [0.1, 0.15) is 18.9 Å². The van der Waals surface area contributed by atoms with Gasteiger partial charge in [-0.3, -0.25) is 4.79 Å². The van der Waals surface area contributed by atoms with Crippen LogP contribution in [-0.4, -0.2) is 44.1 Å². The van der Waals surface area contributed by atoms with Crippen molar-refractivity contribution < 1.29 is 31.0 Å². The van der Waals surface area contributed by atoms with Crippen molar-refractivity contribution in [3.63, 3.8) is 0 Å². The maximum Gasteiger partial charge on any atom is 0.166 e. The fourth-order valence-electron chi connectivity index (χ4n) is 3.73. The molecule has 0 saturated heterocycles. The predicted octanol–water partition coefficient (Wildman–Crippen LogP) is 4.05. The SMILES string of the molecule is CCCCCCCCCCCC[N+](C)(C)CCOc1ccccc1C(=O)CCC.[Br-]. The Morgan fingerprint density at radius 2 is 1.37 bits per heavy atom. The smallest absolute Gasteiger partial charge is 0.166 e. The second-order valence-electron chi connectivity index (χ2n) is 9.08. The number of unbranched alkanes of at least 4 members (excludes halogenated alkanes) is 9. The third kappa shape index (κ3) is 13.4. The molecule has 0 unspecified atom stereocenters. The average molecular weight is 485 g/mol. The number of para-hydroxylation sites is 1. The Labute approximate surface area is 196 Å². The van der Waals surface area contributed by atoms with Crippen LogP contribution >= 0.6 is 0 Å². The molecular weight excluding hydrogens is 438 g/mol. The fourth-order valence-corrected chi connectivity index (χ4v) is 3.73. The van der Waals surface area contributed by atoms with E-state index in [1.807, 2.05) is 31.2 Å². The van der Waals surface area contributed by atoms with Crippen molar-refractivity contribution in [3.05, 3.63) is 29.8 Å². The molecule has 1 rings (SSSR count). The molecule has 0 aliphatic carbocycles. The Morgan fingerprint density at radius 1 is 0.800 bits per heavy atom. The number of nitrogens with zero attached hydrogens (tertiary/aromatic N) is 1. The van der Waals surface area contributed by atoms with Crippen LogP contribution in [0.25, 0.3) is 0 Å². The van der Waals surface area contributed by atoms with Gasteiger partial charge in [0.05, 0.1) is 26.2 Å². The highest BCUT2D eigenvalue weighted by atomic mass is 79.9. The summed E-state index contributed by atoms with van der Waals surface area (Å²) >= 11 is 0. The van der Waals surface area contributed by atoms with Crippen LogP contribution < -0.4 is 21.7 Å². The molecule has 0 bridgehead atoms. The number of hydrogen-bond acceptors (Lipinski definition) is 2. The fraction of sp³-hybridized carbons (Fsp3) is 0.731. The van der Waals surface area contributed by atoms with Crippen LogP contribution in [0.2, 0.25) is 0 Å². The number of likely N-dealkylation sites (N-methyl/N-ethyl adjacent to an activating group) is 1. The van der Waals surface area contributed by atoms with E-state index in [1.165, 1.54) is 70.8 Å². The van der Waals surface area contributed by atoms with Gasteiger partial charge in [-0.05, 0) is 31.4 Å². The molecule has 0 spiro atoms. The minimum absolute atomic E-state index is 0.